The summed E-state index contributed by atoms with van der Waals surface area (Å²) < 4.78 is 31.4. The number of epoxide rings is 1. The van der Waals surface area contributed by atoms with Crippen molar-refractivity contribution in [3.8, 4) is 0 Å². The Morgan fingerprint density at radius 2 is 1.72 bits per heavy atom. The van der Waals surface area contributed by atoms with Gasteiger partial charge in [-0.15, -0.1) is 0 Å². The van der Waals surface area contributed by atoms with E-state index in [1.165, 1.54) is 0 Å². The molecule has 2 bridgehead atoms. The first-order chi connectivity index (χ1) is 22.0. The molecule has 8 aliphatic rings. The van der Waals surface area contributed by atoms with Gasteiger partial charge in [0.2, 0.25) is 0 Å². The second-order valence-electron chi connectivity index (χ2n) is 15.7. The van der Waals surface area contributed by atoms with Crippen molar-refractivity contribution in [1.29, 1.82) is 0 Å². The Morgan fingerprint density at radius 1 is 0.957 bits per heavy atom. The summed E-state index contributed by atoms with van der Waals surface area (Å²) in [5.41, 5.74) is -5.37. The van der Waals surface area contributed by atoms with Crippen LogP contribution >= 0.6 is 0 Å². The standard InChI is InChI=1S/C36H46O10/c1-31(2)35-15-10-14-33(26(39)27(35)40)23(34(35)20-43-25(38)19-24(34)45-31)12-16-32(3)28(44-30(41)29-36(32,33)46-29)21-13-18-42-22(21)11-8-6-4-5-7-9-17-37/h10,13,15,18,23-24,26,28-29,37,39H,4-9,11-12,14,16-17,19-20H2,1-3H3/t23-,24-,26+,28-,29+,32-,33-,34-,35+,36+/m0/s1. The topological polar surface area (TPSA) is 145 Å². The highest BCUT2D eigenvalue weighted by atomic mass is 16.7. The van der Waals surface area contributed by atoms with Crippen molar-refractivity contribution in [2.45, 2.75) is 127 Å². The van der Waals surface area contributed by atoms with Gasteiger partial charge in [0, 0.05) is 29.4 Å². The summed E-state index contributed by atoms with van der Waals surface area (Å²) in [6.07, 6.45) is 10.3. The maximum atomic E-state index is 14.9. The lowest BCUT2D eigenvalue weighted by Crippen LogP contribution is -2.79. The van der Waals surface area contributed by atoms with Gasteiger partial charge in [0.05, 0.1) is 35.2 Å². The molecule has 0 unspecified atom stereocenters. The van der Waals surface area contributed by atoms with Crippen molar-refractivity contribution < 1.29 is 48.0 Å². The number of ether oxygens (including phenoxy) is 4. The zero-order chi connectivity index (χ0) is 32.3. The van der Waals surface area contributed by atoms with E-state index < -0.39 is 63.2 Å². The monoisotopic (exact) mass is 638 g/mol. The maximum absolute atomic E-state index is 14.9. The molecule has 0 amide bonds. The van der Waals surface area contributed by atoms with E-state index in [0.717, 1.165) is 49.8 Å². The number of carbonyl (C=O) groups excluding carboxylic acids is 3. The Bertz CT molecular complexity index is 1490. The van der Waals surface area contributed by atoms with Crippen molar-refractivity contribution in [1.82, 2.24) is 0 Å². The van der Waals surface area contributed by atoms with Gasteiger partial charge in [-0.05, 0) is 57.9 Å². The summed E-state index contributed by atoms with van der Waals surface area (Å²) in [5, 5.41) is 21.5. The maximum Gasteiger partial charge on any atom is 0.339 e. The van der Waals surface area contributed by atoms with E-state index in [-0.39, 0.29) is 37.3 Å². The average molecular weight is 639 g/mol. The van der Waals surface area contributed by atoms with Crippen LogP contribution in [0.15, 0.2) is 28.9 Å². The number of furan rings is 1. The van der Waals surface area contributed by atoms with Crippen LogP contribution in [-0.2, 0) is 39.8 Å². The van der Waals surface area contributed by atoms with Gasteiger partial charge in [-0.2, -0.15) is 0 Å². The quantitative estimate of drug-likeness (QED) is 0.174. The second kappa shape index (κ2) is 10.00. The Labute approximate surface area is 269 Å². The molecule has 2 saturated carbocycles. The molecule has 4 saturated heterocycles. The molecule has 4 aliphatic heterocycles. The van der Waals surface area contributed by atoms with Crippen LogP contribution in [0.25, 0.3) is 0 Å². The smallest absolute Gasteiger partial charge is 0.339 e. The molecule has 10 nitrogen and oxygen atoms in total. The van der Waals surface area contributed by atoms with Crippen LogP contribution in [0, 0.1) is 27.6 Å². The van der Waals surface area contributed by atoms with Crippen LogP contribution in [0.3, 0.4) is 0 Å². The van der Waals surface area contributed by atoms with Crippen LogP contribution in [-0.4, -0.2) is 70.7 Å². The lowest BCUT2D eigenvalue weighted by atomic mass is 9.33. The van der Waals surface area contributed by atoms with Gasteiger partial charge in [0.25, 0.3) is 0 Å². The number of fused-ring (bicyclic) bond motifs is 2. The van der Waals surface area contributed by atoms with Gasteiger partial charge in [-0.1, -0.05) is 44.8 Å². The van der Waals surface area contributed by atoms with E-state index in [4.69, 9.17) is 28.5 Å². The molecular formula is C36H46O10. The minimum atomic E-state index is -1.41. The SMILES string of the molecule is CC1(C)O[C@H]2CC(=O)OC[C@]23[C@H]2CC[C@@]4(C)[C@H](c5ccoc5CCCCCCCCO)OC(=O)[C@H]5O[C@]54[C@@]24CC=C[C@@]13C(=O)[C@H]4O. The zero-order valence-corrected chi connectivity index (χ0v) is 27.0. The number of cyclic esters (lactones) is 2. The van der Waals surface area contributed by atoms with Crippen LogP contribution in [0.2, 0.25) is 0 Å². The summed E-state index contributed by atoms with van der Waals surface area (Å²) in [7, 11) is 0. The van der Waals surface area contributed by atoms with Crippen molar-refractivity contribution in [2.24, 2.45) is 27.6 Å². The predicted molar refractivity (Wildman–Crippen MR) is 161 cm³/mol. The number of aliphatic hydroxyl groups is 2. The molecule has 4 aliphatic carbocycles. The summed E-state index contributed by atoms with van der Waals surface area (Å²) in [4.78, 5) is 41.4. The number of unbranched alkanes of at least 4 members (excludes halogenated alkanes) is 5. The minimum Gasteiger partial charge on any atom is -0.469 e. The molecule has 0 aromatic carbocycles. The normalized spacial score (nSPS) is 45.9. The van der Waals surface area contributed by atoms with Crippen LogP contribution in [0.5, 0.6) is 0 Å². The van der Waals surface area contributed by atoms with E-state index in [0.29, 0.717) is 25.7 Å². The Hall–Kier alpha value is -2.53. The number of hydrogen-bond acceptors (Lipinski definition) is 10. The molecule has 9 rings (SSSR count). The Morgan fingerprint density at radius 3 is 2.50 bits per heavy atom. The van der Waals surface area contributed by atoms with E-state index in [1.54, 1.807) is 6.26 Å². The fraction of sp³-hybridized carbons (Fsp3) is 0.750. The third kappa shape index (κ3) is 3.35. The van der Waals surface area contributed by atoms with Gasteiger partial charge >= 0.3 is 11.9 Å². The fourth-order valence-electron chi connectivity index (χ4n) is 11.9. The molecule has 5 heterocycles. The molecular weight excluding hydrogens is 592 g/mol. The number of carbonyl (C=O) groups is 3. The first-order valence-electron chi connectivity index (χ1n) is 17.3. The van der Waals surface area contributed by atoms with E-state index in [1.807, 2.05) is 32.1 Å². The largest absolute Gasteiger partial charge is 0.469 e. The molecule has 46 heavy (non-hydrogen) atoms. The number of aryl methyl sites for hydroxylation is 1. The third-order valence-corrected chi connectivity index (χ3v) is 13.7. The number of ketones is 1. The van der Waals surface area contributed by atoms with Crippen molar-refractivity contribution in [2.75, 3.05) is 13.2 Å². The van der Waals surface area contributed by atoms with Gasteiger partial charge in [0.15, 0.2) is 11.9 Å². The number of hydrogen-bond donors (Lipinski definition) is 2. The lowest BCUT2D eigenvalue weighted by molar-refractivity contribution is -0.262. The molecule has 1 aromatic heterocycles. The van der Waals surface area contributed by atoms with E-state index in [9.17, 15) is 19.5 Å². The van der Waals surface area contributed by atoms with Gasteiger partial charge in [-0.25, -0.2) is 4.79 Å². The highest BCUT2D eigenvalue weighted by Crippen LogP contribution is 2.84. The van der Waals surface area contributed by atoms with Crippen molar-refractivity contribution >= 4 is 17.7 Å². The van der Waals surface area contributed by atoms with Gasteiger partial charge in [0.1, 0.15) is 30.2 Å². The molecule has 10 atom stereocenters. The van der Waals surface area contributed by atoms with Crippen LogP contribution in [0.1, 0.15) is 102 Å². The molecule has 0 radical (unpaired) electrons. The molecule has 2 N–H and O–H groups in total. The first-order valence-corrected chi connectivity index (χ1v) is 17.3. The molecule has 1 aromatic rings. The highest BCUT2D eigenvalue weighted by Gasteiger charge is 2.94. The molecule has 10 heteroatoms. The van der Waals surface area contributed by atoms with E-state index in [2.05, 4.69) is 6.92 Å². The first kappa shape index (κ1) is 30.8. The summed E-state index contributed by atoms with van der Waals surface area (Å²) in [5.74, 6) is -0.707. The lowest BCUT2D eigenvalue weighted by Gasteiger charge is -2.68. The Balaban J connectivity index is 1.19. The molecule has 6 fully saturated rings. The number of allylic oxidation sites excluding steroid dienone is 1. The number of Topliss-reactive ketones (excluding diaryl/α,β-unsaturated/α-hetero) is 1. The minimum absolute atomic E-state index is 0.0202. The summed E-state index contributed by atoms with van der Waals surface area (Å²) in [6.45, 7) is 6.11. The number of aliphatic hydroxyl groups excluding tert-OH is 2. The van der Waals surface area contributed by atoms with Gasteiger partial charge < -0.3 is 33.6 Å². The number of esters is 2. The predicted octanol–water partition coefficient (Wildman–Crippen LogP) is 4.29. The fourth-order valence-corrected chi connectivity index (χ4v) is 11.9. The van der Waals surface area contributed by atoms with Crippen LogP contribution in [0.4, 0.5) is 0 Å². The van der Waals surface area contributed by atoms with Gasteiger partial charge in [-0.3, -0.25) is 9.59 Å². The van der Waals surface area contributed by atoms with Crippen LogP contribution < -0.4 is 0 Å². The third-order valence-electron chi connectivity index (χ3n) is 13.7. The molecule has 250 valence electrons. The summed E-state index contributed by atoms with van der Waals surface area (Å²) in [6, 6.07) is 1.89. The number of rotatable bonds is 9. The average Bonchev–Trinajstić information content (AvgIpc) is 3.64. The highest BCUT2D eigenvalue weighted by molar-refractivity contribution is 5.97. The second-order valence-corrected chi connectivity index (χ2v) is 15.7. The van der Waals surface area contributed by atoms with Crippen molar-refractivity contribution in [3.63, 3.8) is 0 Å². The Kier molecular flexibility index (Phi) is 6.69. The molecule has 4 spiro atoms. The summed E-state index contributed by atoms with van der Waals surface area (Å²) >= 11 is 0. The zero-order valence-electron chi connectivity index (χ0n) is 27.0. The van der Waals surface area contributed by atoms with Crippen molar-refractivity contribution in [3.05, 3.63) is 35.8 Å². The van der Waals surface area contributed by atoms with E-state index >= 15 is 0 Å².